The van der Waals surface area contributed by atoms with Crippen molar-refractivity contribution in [3.8, 4) is 0 Å². The molecule has 0 radical (unpaired) electrons. The van der Waals surface area contributed by atoms with Crippen LogP contribution in [-0.2, 0) is 9.47 Å². The topological polar surface area (TPSA) is 18.5 Å². The Hall–Kier alpha value is -2.48. The minimum Gasteiger partial charge on any atom is -0.469 e. The molecule has 0 N–H and O–H groups in total. The van der Waals surface area contributed by atoms with E-state index in [1.165, 1.54) is 21.5 Å². The maximum Gasteiger partial charge on any atom is 0.279 e. The van der Waals surface area contributed by atoms with Gasteiger partial charge in [0.1, 0.15) is 0 Å². The number of hydrogen-bond acceptors (Lipinski definition) is 2. The highest BCUT2D eigenvalue weighted by molar-refractivity contribution is 6.09. The van der Waals surface area contributed by atoms with Crippen LogP contribution in [0.5, 0.6) is 0 Å². The van der Waals surface area contributed by atoms with Crippen molar-refractivity contribution in [3.63, 3.8) is 0 Å². The molecule has 3 aromatic carbocycles. The van der Waals surface area contributed by atoms with Crippen LogP contribution >= 0.6 is 0 Å². The van der Waals surface area contributed by atoms with Gasteiger partial charge < -0.3 is 9.47 Å². The summed E-state index contributed by atoms with van der Waals surface area (Å²) in [5.41, 5.74) is 1.09. The first-order valence-corrected chi connectivity index (χ1v) is 6.53. The number of benzene rings is 3. The van der Waals surface area contributed by atoms with Gasteiger partial charge in [0.2, 0.25) is 0 Å². The van der Waals surface area contributed by atoms with Crippen LogP contribution in [0.15, 0.2) is 60.5 Å². The van der Waals surface area contributed by atoms with E-state index in [0.717, 1.165) is 5.56 Å². The zero-order valence-corrected chi connectivity index (χ0v) is 11.6. The second-order valence-corrected chi connectivity index (χ2v) is 4.60. The average Bonchev–Trinajstić information content (AvgIpc) is 2.52. The summed E-state index contributed by atoms with van der Waals surface area (Å²) >= 11 is 0. The van der Waals surface area contributed by atoms with E-state index >= 15 is 0 Å². The molecule has 0 atom stereocenters. The Morgan fingerprint density at radius 2 is 1.50 bits per heavy atom. The Morgan fingerprint density at radius 3 is 2.30 bits per heavy atom. The van der Waals surface area contributed by atoms with Crippen molar-refractivity contribution in [1.29, 1.82) is 0 Å². The molecular weight excluding hydrogens is 248 g/mol. The van der Waals surface area contributed by atoms with E-state index in [4.69, 9.17) is 9.47 Å². The first kappa shape index (κ1) is 12.5. The number of rotatable bonds is 3. The molecule has 0 aliphatic heterocycles. The summed E-state index contributed by atoms with van der Waals surface area (Å²) in [5, 5.41) is 4.94. The molecule has 3 aromatic rings. The Morgan fingerprint density at radius 1 is 0.750 bits per heavy atom. The molecule has 0 amide bonds. The highest BCUT2D eigenvalue weighted by Crippen LogP contribution is 2.28. The fourth-order valence-corrected chi connectivity index (χ4v) is 2.52. The van der Waals surface area contributed by atoms with Gasteiger partial charge in [-0.15, -0.1) is 0 Å². The maximum atomic E-state index is 5.18. The molecule has 0 aliphatic rings. The van der Waals surface area contributed by atoms with E-state index in [2.05, 4.69) is 54.6 Å². The standard InChI is InChI=1S/C18H16O2/c1-19-18(20-2)12-14-7-5-9-17-15-8-4-3-6-13(15)10-11-16(14)17/h3-12H,1-2H3. The van der Waals surface area contributed by atoms with E-state index in [9.17, 15) is 0 Å². The first-order valence-electron chi connectivity index (χ1n) is 6.53. The van der Waals surface area contributed by atoms with Gasteiger partial charge in [-0.1, -0.05) is 54.6 Å². The summed E-state index contributed by atoms with van der Waals surface area (Å²) in [4.78, 5) is 0. The van der Waals surface area contributed by atoms with Crippen molar-refractivity contribution in [3.05, 3.63) is 66.1 Å². The lowest BCUT2D eigenvalue weighted by atomic mass is 9.98. The van der Waals surface area contributed by atoms with Crippen molar-refractivity contribution < 1.29 is 9.47 Å². The average molecular weight is 264 g/mol. The van der Waals surface area contributed by atoms with E-state index in [0.29, 0.717) is 5.95 Å². The number of methoxy groups -OCH3 is 2. The summed E-state index contributed by atoms with van der Waals surface area (Å²) < 4.78 is 10.4. The monoisotopic (exact) mass is 264 g/mol. The second-order valence-electron chi connectivity index (χ2n) is 4.60. The molecule has 0 unspecified atom stereocenters. The normalized spacial score (nSPS) is 10.5. The zero-order valence-electron chi connectivity index (χ0n) is 11.6. The second kappa shape index (κ2) is 5.25. The molecule has 2 heteroatoms. The number of hydrogen-bond donors (Lipinski definition) is 0. The Balaban J connectivity index is 2.30. The van der Waals surface area contributed by atoms with Crippen LogP contribution < -0.4 is 0 Å². The van der Waals surface area contributed by atoms with Gasteiger partial charge in [-0.2, -0.15) is 0 Å². The van der Waals surface area contributed by atoms with E-state index in [-0.39, 0.29) is 0 Å². The quantitative estimate of drug-likeness (QED) is 0.509. The molecule has 3 rings (SSSR count). The highest BCUT2D eigenvalue weighted by Gasteiger charge is 2.04. The highest BCUT2D eigenvalue weighted by atomic mass is 16.7. The molecule has 100 valence electrons. The third-order valence-electron chi connectivity index (χ3n) is 3.50. The molecule has 0 heterocycles. The number of ether oxygens (including phenoxy) is 2. The van der Waals surface area contributed by atoms with Crippen LogP contribution in [0.2, 0.25) is 0 Å². The van der Waals surface area contributed by atoms with Gasteiger partial charge in [0.25, 0.3) is 5.95 Å². The van der Waals surface area contributed by atoms with Gasteiger partial charge in [0.15, 0.2) is 0 Å². The smallest absolute Gasteiger partial charge is 0.279 e. The van der Waals surface area contributed by atoms with Crippen LogP contribution in [-0.4, -0.2) is 14.2 Å². The van der Waals surface area contributed by atoms with Crippen molar-refractivity contribution in [2.24, 2.45) is 0 Å². The summed E-state index contributed by atoms with van der Waals surface area (Å²) in [6, 6.07) is 19.0. The lowest BCUT2D eigenvalue weighted by molar-refractivity contribution is 0.100. The fourth-order valence-electron chi connectivity index (χ4n) is 2.52. The SMILES string of the molecule is COC(=Cc1cccc2c1ccc1ccccc12)OC. The summed E-state index contributed by atoms with van der Waals surface area (Å²) in [6.45, 7) is 0. The molecule has 2 nitrogen and oxygen atoms in total. The Labute approximate surface area is 118 Å². The van der Waals surface area contributed by atoms with Crippen molar-refractivity contribution in [1.82, 2.24) is 0 Å². The molecule has 20 heavy (non-hydrogen) atoms. The lowest BCUT2D eigenvalue weighted by Crippen LogP contribution is -1.90. The van der Waals surface area contributed by atoms with E-state index < -0.39 is 0 Å². The Bertz CT molecular complexity index is 782. The number of fused-ring (bicyclic) bond motifs is 3. The van der Waals surface area contributed by atoms with E-state index in [1.807, 2.05) is 6.08 Å². The summed E-state index contributed by atoms with van der Waals surface area (Å²) in [7, 11) is 3.21. The molecule has 0 aliphatic carbocycles. The van der Waals surface area contributed by atoms with E-state index in [1.54, 1.807) is 14.2 Å². The van der Waals surface area contributed by atoms with Gasteiger partial charge >= 0.3 is 0 Å². The van der Waals surface area contributed by atoms with Crippen LogP contribution in [0.4, 0.5) is 0 Å². The third kappa shape index (κ3) is 2.10. The minimum atomic E-state index is 0.505. The first-order chi connectivity index (χ1) is 9.83. The fraction of sp³-hybridized carbons (Fsp3) is 0.111. The van der Waals surface area contributed by atoms with Crippen LogP contribution in [0, 0.1) is 0 Å². The van der Waals surface area contributed by atoms with Crippen LogP contribution in [0.3, 0.4) is 0 Å². The molecule has 0 saturated carbocycles. The molecule has 0 saturated heterocycles. The molecule has 0 bridgehead atoms. The molecule has 0 spiro atoms. The van der Waals surface area contributed by atoms with Gasteiger partial charge in [-0.3, -0.25) is 0 Å². The van der Waals surface area contributed by atoms with Gasteiger partial charge in [0.05, 0.1) is 14.2 Å². The maximum absolute atomic E-state index is 5.18. The summed E-state index contributed by atoms with van der Waals surface area (Å²) in [6.07, 6.45) is 1.91. The van der Waals surface area contributed by atoms with Gasteiger partial charge in [-0.05, 0) is 27.1 Å². The largest absolute Gasteiger partial charge is 0.469 e. The predicted octanol–water partition coefficient (Wildman–Crippen LogP) is 4.58. The van der Waals surface area contributed by atoms with Crippen LogP contribution in [0.1, 0.15) is 5.56 Å². The van der Waals surface area contributed by atoms with Gasteiger partial charge in [0, 0.05) is 6.08 Å². The molecule has 0 aromatic heterocycles. The summed E-state index contributed by atoms with van der Waals surface area (Å²) in [5.74, 6) is 0.505. The zero-order chi connectivity index (χ0) is 13.9. The Kier molecular flexibility index (Phi) is 3.30. The minimum absolute atomic E-state index is 0.505. The van der Waals surface area contributed by atoms with Crippen molar-refractivity contribution >= 4 is 27.6 Å². The lowest BCUT2D eigenvalue weighted by Gasteiger charge is -2.08. The van der Waals surface area contributed by atoms with Crippen molar-refractivity contribution in [2.75, 3.05) is 14.2 Å². The predicted molar refractivity (Wildman–Crippen MR) is 83.4 cm³/mol. The molecule has 0 fully saturated rings. The van der Waals surface area contributed by atoms with Crippen molar-refractivity contribution in [2.45, 2.75) is 0 Å². The van der Waals surface area contributed by atoms with Crippen LogP contribution in [0.25, 0.3) is 27.6 Å². The van der Waals surface area contributed by atoms with Gasteiger partial charge in [-0.25, -0.2) is 0 Å². The molecular formula is C18H16O2. The third-order valence-corrected chi connectivity index (χ3v) is 3.50.